The highest BCUT2D eigenvalue weighted by molar-refractivity contribution is 5.93. The van der Waals surface area contributed by atoms with Crippen molar-refractivity contribution in [3.8, 4) is 0 Å². The predicted molar refractivity (Wildman–Crippen MR) is 94.3 cm³/mol. The molecular formula is C19H23N3O2. The van der Waals surface area contributed by atoms with Gasteiger partial charge in [0.15, 0.2) is 0 Å². The molecule has 1 amide bonds. The molecule has 1 saturated carbocycles. The Morgan fingerprint density at radius 1 is 1.12 bits per heavy atom. The van der Waals surface area contributed by atoms with Crippen molar-refractivity contribution in [3.05, 3.63) is 58.0 Å². The van der Waals surface area contributed by atoms with Gasteiger partial charge in [0.25, 0.3) is 5.56 Å². The largest absolute Gasteiger partial charge is 0.324 e. The second kappa shape index (κ2) is 6.59. The van der Waals surface area contributed by atoms with Crippen LogP contribution in [0.1, 0.15) is 62.7 Å². The van der Waals surface area contributed by atoms with E-state index < -0.39 is 6.04 Å². The van der Waals surface area contributed by atoms with E-state index in [1.54, 1.807) is 13.0 Å². The third-order valence-electron chi connectivity index (χ3n) is 4.43. The average Bonchev–Trinajstić information content (AvgIpc) is 3.40. The van der Waals surface area contributed by atoms with Gasteiger partial charge in [0.2, 0.25) is 5.91 Å². The van der Waals surface area contributed by atoms with E-state index in [1.807, 2.05) is 24.3 Å². The molecule has 1 aromatic heterocycles. The van der Waals surface area contributed by atoms with Gasteiger partial charge in [-0.05, 0) is 49.4 Å². The third-order valence-corrected chi connectivity index (χ3v) is 4.43. The SMILES string of the molecule is CC(C)c1ccc(NC(=O)C(C)n2nc(C3CC3)ccc2=O)cc1. The van der Waals surface area contributed by atoms with Gasteiger partial charge in [0.1, 0.15) is 6.04 Å². The monoisotopic (exact) mass is 325 g/mol. The van der Waals surface area contributed by atoms with Crippen LogP contribution in [-0.4, -0.2) is 15.7 Å². The molecule has 1 atom stereocenters. The first-order chi connectivity index (χ1) is 11.5. The Morgan fingerprint density at radius 2 is 1.79 bits per heavy atom. The van der Waals surface area contributed by atoms with Gasteiger partial charge < -0.3 is 5.32 Å². The van der Waals surface area contributed by atoms with Gasteiger partial charge >= 0.3 is 0 Å². The summed E-state index contributed by atoms with van der Waals surface area (Å²) in [5.74, 6) is 0.646. The minimum atomic E-state index is -0.652. The number of amides is 1. The summed E-state index contributed by atoms with van der Waals surface area (Å²) in [5, 5.41) is 7.24. The topological polar surface area (TPSA) is 64.0 Å². The minimum Gasteiger partial charge on any atom is -0.324 e. The van der Waals surface area contributed by atoms with E-state index in [0.29, 0.717) is 11.8 Å². The van der Waals surface area contributed by atoms with Crippen LogP contribution in [0.4, 0.5) is 5.69 Å². The standard InChI is InChI=1S/C19H23N3O2/c1-12(2)14-6-8-16(9-7-14)20-19(24)13(3)22-18(23)11-10-17(21-22)15-4-5-15/h6-13,15H,4-5H2,1-3H3,(H,20,24). The van der Waals surface area contributed by atoms with E-state index in [9.17, 15) is 9.59 Å². The molecule has 0 radical (unpaired) electrons. The van der Waals surface area contributed by atoms with E-state index in [4.69, 9.17) is 0 Å². The molecule has 24 heavy (non-hydrogen) atoms. The van der Waals surface area contributed by atoms with E-state index in [-0.39, 0.29) is 11.5 Å². The van der Waals surface area contributed by atoms with Crippen molar-refractivity contribution in [2.45, 2.75) is 51.5 Å². The molecule has 1 aromatic carbocycles. The van der Waals surface area contributed by atoms with Gasteiger partial charge in [-0.25, -0.2) is 4.68 Å². The number of nitrogens with zero attached hydrogens (tertiary/aromatic N) is 2. The molecule has 0 saturated heterocycles. The van der Waals surface area contributed by atoms with E-state index in [0.717, 1.165) is 24.2 Å². The molecule has 5 heteroatoms. The van der Waals surface area contributed by atoms with Gasteiger partial charge in [-0.2, -0.15) is 5.10 Å². The van der Waals surface area contributed by atoms with Crippen molar-refractivity contribution in [2.24, 2.45) is 0 Å². The number of aromatic nitrogens is 2. The summed E-state index contributed by atoms with van der Waals surface area (Å²) in [5.41, 5.74) is 2.59. The smallest absolute Gasteiger partial charge is 0.267 e. The Morgan fingerprint density at radius 3 is 2.38 bits per heavy atom. The first kappa shape index (κ1) is 16.4. The van der Waals surface area contributed by atoms with E-state index >= 15 is 0 Å². The number of anilines is 1. The minimum absolute atomic E-state index is 0.241. The Kier molecular flexibility index (Phi) is 4.51. The lowest BCUT2D eigenvalue weighted by Crippen LogP contribution is -2.33. The Bertz CT molecular complexity index is 789. The number of rotatable bonds is 5. The van der Waals surface area contributed by atoms with Crippen LogP contribution in [0.25, 0.3) is 0 Å². The number of carbonyl (C=O) groups excluding carboxylic acids is 1. The molecule has 1 aliphatic carbocycles. The molecule has 0 aliphatic heterocycles. The molecule has 126 valence electrons. The maximum Gasteiger partial charge on any atom is 0.267 e. The Balaban J connectivity index is 1.74. The number of benzene rings is 1. The Hall–Kier alpha value is -2.43. The molecule has 1 fully saturated rings. The summed E-state index contributed by atoms with van der Waals surface area (Å²) < 4.78 is 1.28. The molecule has 0 spiro atoms. The molecule has 5 nitrogen and oxygen atoms in total. The zero-order chi connectivity index (χ0) is 17.3. The number of hydrogen-bond acceptors (Lipinski definition) is 3. The second-order valence-corrected chi connectivity index (χ2v) is 6.76. The van der Waals surface area contributed by atoms with Crippen molar-refractivity contribution >= 4 is 11.6 Å². The van der Waals surface area contributed by atoms with Crippen molar-refractivity contribution in [1.29, 1.82) is 0 Å². The summed E-state index contributed by atoms with van der Waals surface area (Å²) in [7, 11) is 0. The van der Waals surface area contributed by atoms with Gasteiger partial charge in [-0.1, -0.05) is 26.0 Å². The second-order valence-electron chi connectivity index (χ2n) is 6.76. The van der Waals surface area contributed by atoms with Crippen LogP contribution in [0.5, 0.6) is 0 Å². The molecule has 1 unspecified atom stereocenters. The summed E-state index contributed by atoms with van der Waals surface area (Å²) in [6.45, 7) is 5.95. The van der Waals surface area contributed by atoms with Crippen LogP contribution in [0.2, 0.25) is 0 Å². The van der Waals surface area contributed by atoms with Crippen LogP contribution >= 0.6 is 0 Å². The van der Waals surface area contributed by atoms with E-state index in [1.165, 1.54) is 16.3 Å². The molecule has 1 N–H and O–H groups in total. The molecule has 1 heterocycles. The van der Waals surface area contributed by atoms with Gasteiger partial charge in [-0.3, -0.25) is 9.59 Å². The number of nitrogens with one attached hydrogen (secondary N) is 1. The van der Waals surface area contributed by atoms with Gasteiger partial charge in [-0.15, -0.1) is 0 Å². The molecule has 3 rings (SSSR count). The lowest BCUT2D eigenvalue weighted by atomic mass is 10.0. The first-order valence-electron chi connectivity index (χ1n) is 8.46. The molecule has 0 bridgehead atoms. The number of hydrogen-bond donors (Lipinski definition) is 1. The fourth-order valence-electron chi connectivity index (χ4n) is 2.62. The molecular weight excluding hydrogens is 302 g/mol. The first-order valence-corrected chi connectivity index (χ1v) is 8.46. The number of carbonyl (C=O) groups is 1. The lowest BCUT2D eigenvalue weighted by molar-refractivity contribution is -0.119. The highest BCUT2D eigenvalue weighted by Crippen LogP contribution is 2.38. The van der Waals surface area contributed by atoms with Crippen LogP contribution in [0.3, 0.4) is 0 Å². The maximum absolute atomic E-state index is 12.5. The highest BCUT2D eigenvalue weighted by atomic mass is 16.2. The lowest BCUT2D eigenvalue weighted by Gasteiger charge is -2.15. The van der Waals surface area contributed by atoms with Crippen molar-refractivity contribution in [2.75, 3.05) is 5.32 Å². The van der Waals surface area contributed by atoms with Crippen molar-refractivity contribution < 1.29 is 4.79 Å². The summed E-state index contributed by atoms with van der Waals surface area (Å²) in [6.07, 6.45) is 2.21. The maximum atomic E-state index is 12.5. The summed E-state index contributed by atoms with van der Waals surface area (Å²) in [6, 6.07) is 10.4. The zero-order valence-electron chi connectivity index (χ0n) is 14.3. The van der Waals surface area contributed by atoms with Crippen LogP contribution in [-0.2, 0) is 4.79 Å². The van der Waals surface area contributed by atoms with E-state index in [2.05, 4.69) is 24.3 Å². The Labute approximate surface area is 141 Å². The van der Waals surface area contributed by atoms with Crippen LogP contribution in [0.15, 0.2) is 41.2 Å². The molecule has 1 aliphatic rings. The summed E-state index contributed by atoms with van der Waals surface area (Å²) >= 11 is 0. The fourth-order valence-corrected chi connectivity index (χ4v) is 2.62. The predicted octanol–water partition coefficient (Wildman–Crippen LogP) is 3.44. The van der Waals surface area contributed by atoms with Crippen molar-refractivity contribution in [3.63, 3.8) is 0 Å². The van der Waals surface area contributed by atoms with Crippen LogP contribution < -0.4 is 10.9 Å². The fraction of sp³-hybridized carbons (Fsp3) is 0.421. The quantitative estimate of drug-likeness (QED) is 0.916. The van der Waals surface area contributed by atoms with Gasteiger partial charge in [0, 0.05) is 17.7 Å². The average molecular weight is 325 g/mol. The normalized spacial score (nSPS) is 15.3. The van der Waals surface area contributed by atoms with Crippen LogP contribution in [0, 0.1) is 0 Å². The molecule has 2 aromatic rings. The highest BCUT2D eigenvalue weighted by Gasteiger charge is 2.27. The van der Waals surface area contributed by atoms with Gasteiger partial charge in [0.05, 0.1) is 5.69 Å². The zero-order valence-corrected chi connectivity index (χ0v) is 14.3. The third kappa shape index (κ3) is 3.55. The summed E-state index contributed by atoms with van der Waals surface area (Å²) in [4.78, 5) is 24.5. The van der Waals surface area contributed by atoms with Crippen molar-refractivity contribution in [1.82, 2.24) is 9.78 Å².